The van der Waals surface area contributed by atoms with Crippen LogP contribution in [0.1, 0.15) is 48.9 Å². The van der Waals surface area contributed by atoms with Gasteiger partial charge in [0, 0.05) is 32.0 Å². The van der Waals surface area contributed by atoms with E-state index in [4.69, 9.17) is 4.74 Å². The number of carbonyl (C=O) groups excluding carboxylic acids is 1. The average molecular weight is 545 g/mol. The Morgan fingerprint density at radius 2 is 1.55 bits per heavy atom. The topological polar surface area (TPSA) is 32.8 Å². The van der Waals surface area contributed by atoms with Crippen molar-refractivity contribution in [3.05, 3.63) is 70.8 Å². The summed E-state index contributed by atoms with van der Waals surface area (Å²) in [5.41, 5.74) is -1.90. The summed E-state index contributed by atoms with van der Waals surface area (Å²) in [5.74, 6) is -0.127. The molecule has 1 heterocycles. The lowest BCUT2D eigenvalue weighted by Crippen LogP contribution is -2.48. The van der Waals surface area contributed by atoms with Crippen LogP contribution in [0, 0.1) is 5.92 Å². The Morgan fingerprint density at radius 3 is 2.11 bits per heavy atom. The minimum Gasteiger partial charge on any atom is -0.373 e. The minimum absolute atomic E-state index is 0.0288. The van der Waals surface area contributed by atoms with Crippen molar-refractivity contribution in [1.82, 2.24) is 9.80 Å². The van der Waals surface area contributed by atoms with Gasteiger partial charge < -0.3 is 14.5 Å². The smallest absolute Gasteiger partial charge is 0.373 e. The van der Waals surface area contributed by atoms with E-state index in [-0.39, 0.29) is 23.5 Å². The Morgan fingerprint density at radius 1 is 0.947 bits per heavy atom. The molecule has 1 unspecified atom stereocenters. The van der Waals surface area contributed by atoms with E-state index < -0.39 is 36.2 Å². The first-order valence-corrected chi connectivity index (χ1v) is 12.8. The zero-order valence-corrected chi connectivity index (χ0v) is 21.6. The van der Waals surface area contributed by atoms with Crippen LogP contribution in [0.25, 0.3) is 0 Å². The highest BCUT2D eigenvalue weighted by atomic mass is 19.4. The molecule has 0 spiro atoms. The molecule has 0 N–H and O–H groups in total. The third-order valence-corrected chi connectivity index (χ3v) is 7.01. The number of ether oxygens (including phenoxy) is 1. The number of nitrogens with zero attached hydrogens (tertiary/aromatic N) is 2. The van der Waals surface area contributed by atoms with Gasteiger partial charge in [0.2, 0.25) is 5.91 Å². The van der Waals surface area contributed by atoms with Crippen LogP contribution in [0.15, 0.2) is 48.5 Å². The van der Waals surface area contributed by atoms with Crippen molar-refractivity contribution in [2.24, 2.45) is 5.92 Å². The van der Waals surface area contributed by atoms with Crippen molar-refractivity contribution in [1.29, 1.82) is 0 Å². The number of hydrogen-bond donors (Lipinski definition) is 0. The standard InChI is InChI=1S/C28H34F6N2O2/c1-3-35(4-2)12-11-26(37)36-13-10-25(22(18-36)14-20-8-6-5-7-9-20)38-19-21-15-23(27(29,30)31)17-24(16-21)28(32,33)34/h5-9,15-17,22,25H,3-4,10-14,18-19H2,1-2H3/t22?,25-/m0/s1. The van der Waals surface area contributed by atoms with Gasteiger partial charge in [-0.1, -0.05) is 44.2 Å². The van der Waals surface area contributed by atoms with Crippen LogP contribution >= 0.6 is 0 Å². The highest BCUT2D eigenvalue weighted by molar-refractivity contribution is 5.76. The lowest BCUT2D eigenvalue weighted by Gasteiger charge is -2.39. The van der Waals surface area contributed by atoms with E-state index in [0.717, 1.165) is 18.7 Å². The third kappa shape index (κ3) is 8.46. The fourth-order valence-electron chi connectivity index (χ4n) is 4.83. The number of amides is 1. The lowest BCUT2D eigenvalue weighted by molar-refractivity contribution is -0.143. The molecule has 1 aliphatic heterocycles. The number of hydrogen-bond acceptors (Lipinski definition) is 3. The first kappa shape index (κ1) is 30.0. The van der Waals surface area contributed by atoms with Crippen molar-refractivity contribution in [2.45, 2.75) is 58.2 Å². The van der Waals surface area contributed by atoms with Crippen molar-refractivity contribution >= 4 is 5.91 Å². The largest absolute Gasteiger partial charge is 0.416 e. The molecule has 2 aromatic carbocycles. The van der Waals surface area contributed by atoms with Gasteiger partial charge in [0.15, 0.2) is 0 Å². The van der Waals surface area contributed by atoms with Crippen LogP contribution in [0.4, 0.5) is 26.3 Å². The maximum atomic E-state index is 13.3. The van der Waals surface area contributed by atoms with Crippen molar-refractivity contribution < 1.29 is 35.9 Å². The molecule has 0 radical (unpaired) electrons. The highest BCUT2D eigenvalue weighted by Gasteiger charge is 2.37. The fraction of sp³-hybridized carbons (Fsp3) is 0.536. The summed E-state index contributed by atoms with van der Waals surface area (Å²) in [5, 5.41) is 0. The van der Waals surface area contributed by atoms with Crippen LogP contribution in [-0.4, -0.2) is 54.5 Å². The normalized spacial score (nSPS) is 18.7. The predicted molar refractivity (Wildman–Crippen MR) is 132 cm³/mol. The van der Waals surface area contributed by atoms with Gasteiger partial charge in [-0.3, -0.25) is 4.79 Å². The molecule has 1 fully saturated rings. The van der Waals surface area contributed by atoms with Gasteiger partial charge in [-0.2, -0.15) is 26.3 Å². The Labute approximate surface area is 219 Å². The zero-order valence-electron chi connectivity index (χ0n) is 21.6. The summed E-state index contributed by atoms with van der Waals surface area (Å²) in [7, 11) is 0. The van der Waals surface area contributed by atoms with Crippen LogP contribution in [0.3, 0.4) is 0 Å². The van der Waals surface area contributed by atoms with Crippen molar-refractivity contribution in [3.63, 3.8) is 0 Å². The molecule has 0 aliphatic carbocycles. The maximum Gasteiger partial charge on any atom is 0.416 e. The number of rotatable bonds is 10. The molecule has 210 valence electrons. The number of piperidine rings is 1. The third-order valence-electron chi connectivity index (χ3n) is 7.01. The molecule has 0 aromatic heterocycles. The first-order valence-electron chi connectivity index (χ1n) is 12.8. The van der Waals surface area contributed by atoms with Crippen LogP contribution in [0.2, 0.25) is 0 Å². The SMILES string of the molecule is CCN(CC)CCC(=O)N1CC[C@H](OCc2cc(C(F)(F)F)cc(C(F)(F)F)c2)C(Cc2ccccc2)C1. The zero-order chi connectivity index (χ0) is 27.9. The van der Waals surface area contributed by atoms with Gasteiger partial charge in [-0.25, -0.2) is 0 Å². The molecule has 3 rings (SSSR count). The molecule has 2 atom stereocenters. The van der Waals surface area contributed by atoms with Crippen LogP contribution in [0.5, 0.6) is 0 Å². The van der Waals surface area contributed by atoms with Gasteiger partial charge in [0.1, 0.15) is 0 Å². The second-order valence-electron chi connectivity index (χ2n) is 9.62. The van der Waals surface area contributed by atoms with Crippen molar-refractivity contribution in [2.75, 3.05) is 32.7 Å². The second-order valence-corrected chi connectivity index (χ2v) is 9.62. The van der Waals surface area contributed by atoms with Gasteiger partial charge >= 0.3 is 12.4 Å². The molecule has 0 bridgehead atoms. The van der Waals surface area contributed by atoms with E-state index in [1.807, 2.05) is 44.2 Å². The number of alkyl halides is 6. The van der Waals surface area contributed by atoms with E-state index in [0.29, 0.717) is 51.0 Å². The molecule has 2 aromatic rings. The van der Waals surface area contributed by atoms with E-state index in [9.17, 15) is 31.1 Å². The summed E-state index contributed by atoms with van der Waals surface area (Å²) in [6, 6.07) is 11.1. The first-order chi connectivity index (χ1) is 17.9. The summed E-state index contributed by atoms with van der Waals surface area (Å²) in [6.45, 7) is 6.87. The molecule has 1 aliphatic rings. The Balaban J connectivity index is 1.75. The summed E-state index contributed by atoms with van der Waals surface area (Å²) < 4.78 is 85.6. The lowest BCUT2D eigenvalue weighted by atomic mass is 9.88. The van der Waals surface area contributed by atoms with Gasteiger partial charge in [-0.05, 0) is 55.3 Å². The highest BCUT2D eigenvalue weighted by Crippen LogP contribution is 2.37. The predicted octanol–water partition coefficient (Wildman–Crippen LogP) is 6.43. The van der Waals surface area contributed by atoms with E-state index in [1.54, 1.807) is 4.90 Å². The molecule has 1 amide bonds. The summed E-state index contributed by atoms with van der Waals surface area (Å²) >= 11 is 0. The fourth-order valence-corrected chi connectivity index (χ4v) is 4.83. The Hall–Kier alpha value is -2.59. The molecule has 10 heteroatoms. The van der Waals surface area contributed by atoms with E-state index in [1.165, 1.54) is 0 Å². The number of carbonyl (C=O) groups is 1. The minimum atomic E-state index is -4.91. The monoisotopic (exact) mass is 544 g/mol. The molecule has 38 heavy (non-hydrogen) atoms. The number of likely N-dealkylation sites (tertiary alicyclic amines) is 1. The second kappa shape index (κ2) is 13.0. The molecular formula is C28H34F6N2O2. The number of benzene rings is 2. The summed E-state index contributed by atoms with van der Waals surface area (Å²) in [6.07, 6.45) is -8.85. The van der Waals surface area contributed by atoms with Gasteiger partial charge in [0.25, 0.3) is 0 Å². The molecule has 0 saturated carbocycles. The summed E-state index contributed by atoms with van der Waals surface area (Å²) in [4.78, 5) is 16.9. The van der Waals surface area contributed by atoms with Crippen LogP contribution in [-0.2, 0) is 34.9 Å². The Kier molecular flexibility index (Phi) is 10.2. The number of halogens is 6. The van der Waals surface area contributed by atoms with Gasteiger partial charge in [-0.15, -0.1) is 0 Å². The molecule has 1 saturated heterocycles. The van der Waals surface area contributed by atoms with Crippen LogP contribution < -0.4 is 0 Å². The van der Waals surface area contributed by atoms with Gasteiger partial charge in [0.05, 0.1) is 23.8 Å². The average Bonchev–Trinajstić information content (AvgIpc) is 2.87. The molecule has 4 nitrogen and oxygen atoms in total. The quantitative estimate of drug-likeness (QED) is 0.323. The van der Waals surface area contributed by atoms with Crippen molar-refractivity contribution in [3.8, 4) is 0 Å². The van der Waals surface area contributed by atoms with E-state index in [2.05, 4.69) is 4.90 Å². The molecular weight excluding hydrogens is 510 g/mol. The van der Waals surface area contributed by atoms with E-state index >= 15 is 0 Å². The maximum absolute atomic E-state index is 13.3. The Bertz CT molecular complexity index is 1010.